The predicted molar refractivity (Wildman–Crippen MR) is 122 cm³/mol. The van der Waals surface area contributed by atoms with E-state index in [2.05, 4.69) is 25.5 Å². The number of hydrogen-bond donors (Lipinski definition) is 1. The van der Waals surface area contributed by atoms with Crippen LogP contribution in [-0.4, -0.2) is 35.3 Å². The first-order valence-electron chi connectivity index (χ1n) is 9.88. The zero-order chi connectivity index (χ0) is 22.1. The Kier molecular flexibility index (Phi) is 5.12. The minimum absolute atomic E-state index is 0.126. The first kappa shape index (κ1) is 19.9. The molecule has 32 heavy (non-hydrogen) atoms. The van der Waals surface area contributed by atoms with Gasteiger partial charge < -0.3 is 5.32 Å². The summed E-state index contributed by atoms with van der Waals surface area (Å²) >= 11 is 5.79. The Labute approximate surface area is 188 Å². The normalized spacial score (nSPS) is 11.1. The van der Waals surface area contributed by atoms with Crippen LogP contribution in [-0.2, 0) is 18.3 Å². The lowest BCUT2D eigenvalue weighted by Crippen LogP contribution is -2.14. The van der Waals surface area contributed by atoms with Crippen molar-refractivity contribution in [2.45, 2.75) is 6.42 Å². The van der Waals surface area contributed by atoms with Crippen molar-refractivity contribution in [3.8, 4) is 22.4 Å². The van der Waals surface area contributed by atoms with Gasteiger partial charge in [0.05, 0.1) is 23.8 Å². The van der Waals surface area contributed by atoms with Crippen molar-refractivity contribution in [2.75, 3.05) is 5.32 Å². The second kappa shape index (κ2) is 8.24. The highest BCUT2D eigenvalue weighted by Crippen LogP contribution is 2.28. The van der Waals surface area contributed by atoms with E-state index in [1.165, 1.54) is 6.33 Å². The molecule has 1 amide bonds. The minimum Gasteiger partial charge on any atom is -0.326 e. The molecule has 0 aliphatic rings. The largest absolute Gasteiger partial charge is 0.326 e. The summed E-state index contributed by atoms with van der Waals surface area (Å²) in [6, 6.07) is 13.1. The van der Waals surface area contributed by atoms with Crippen LogP contribution in [0.3, 0.4) is 0 Å². The molecule has 0 saturated carbocycles. The second-order valence-corrected chi connectivity index (χ2v) is 7.75. The molecule has 4 heterocycles. The highest BCUT2D eigenvalue weighted by Gasteiger charge is 2.12. The Bertz CT molecular complexity index is 1400. The van der Waals surface area contributed by atoms with Crippen LogP contribution < -0.4 is 5.32 Å². The third kappa shape index (κ3) is 4.08. The molecule has 0 aliphatic carbocycles. The van der Waals surface area contributed by atoms with Crippen molar-refractivity contribution >= 4 is 28.7 Å². The summed E-state index contributed by atoms with van der Waals surface area (Å²) in [5.74, 6) is -0.126. The standard InChI is InChI=1S/C23H18ClN7O/c1-30-12-18(11-27-30)17-9-20-23(26-14-28-31(20)13-17)16-3-5-19(6-4-16)29-22(32)8-15-2-7-21(24)25-10-15/h2-7,9-14H,8H2,1H3,(H,29,32). The van der Waals surface area contributed by atoms with Gasteiger partial charge in [-0.2, -0.15) is 10.2 Å². The molecule has 0 spiro atoms. The zero-order valence-corrected chi connectivity index (χ0v) is 17.9. The van der Waals surface area contributed by atoms with Gasteiger partial charge in [0.25, 0.3) is 0 Å². The van der Waals surface area contributed by atoms with E-state index in [-0.39, 0.29) is 12.3 Å². The van der Waals surface area contributed by atoms with E-state index >= 15 is 0 Å². The molecule has 4 aromatic heterocycles. The van der Waals surface area contributed by atoms with Gasteiger partial charge in [-0.1, -0.05) is 29.8 Å². The lowest BCUT2D eigenvalue weighted by Gasteiger charge is -2.07. The number of nitrogens with zero attached hydrogens (tertiary/aromatic N) is 6. The number of carbonyl (C=O) groups excluding carboxylic acids is 1. The Hall–Kier alpha value is -4.04. The first-order chi connectivity index (χ1) is 15.5. The Morgan fingerprint density at radius 2 is 1.81 bits per heavy atom. The monoisotopic (exact) mass is 443 g/mol. The third-order valence-corrected chi connectivity index (χ3v) is 5.26. The van der Waals surface area contributed by atoms with E-state index in [9.17, 15) is 4.79 Å². The molecule has 0 bridgehead atoms. The van der Waals surface area contributed by atoms with E-state index in [0.717, 1.165) is 33.5 Å². The molecule has 0 aliphatic heterocycles. The summed E-state index contributed by atoms with van der Waals surface area (Å²) < 4.78 is 3.57. The second-order valence-electron chi connectivity index (χ2n) is 7.36. The van der Waals surface area contributed by atoms with Crippen molar-refractivity contribution in [2.24, 2.45) is 7.05 Å². The van der Waals surface area contributed by atoms with Crippen LogP contribution in [0.1, 0.15) is 5.56 Å². The number of fused-ring (bicyclic) bond motifs is 1. The van der Waals surface area contributed by atoms with Crippen LogP contribution in [0, 0.1) is 0 Å². The average Bonchev–Trinajstić information content (AvgIpc) is 3.42. The molecule has 0 atom stereocenters. The van der Waals surface area contributed by atoms with Crippen molar-refractivity contribution in [1.82, 2.24) is 29.4 Å². The summed E-state index contributed by atoms with van der Waals surface area (Å²) in [7, 11) is 1.89. The van der Waals surface area contributed by atoms with Gasteiger partial charge in [-0.25, -0.2) is 14.5 Å². The zero-order valence-electron chi connectivity index (χ0n) is 17.1. The minimum atomic E-state index is -0.126. The van der Waals surface area contributed by atoms with Crippen LogP contribution in [0.25, 0.3) is 27.9 Å². The maximum Gasteiger partial charge on any atom is 0.228 e. The Morgan fingerprint density at radius 1 is 0.969 bits per heavy atom. The van der Waals surface area contributed by atoms with Gasteiger partial charge in [-0.3, -0.25) is 9.48 Å². The van der Waals surface area contributed by atoms with Crippen molar-refractivity contribution in [3.63, 3.8) is 0 Å². The van der Waals surface area contributed by atoms with Crippen molar-refractivity contribution in [1.29, 1.82) is 0 Å². The van der Waals surface area contributed by atoms with E-state index in [0.29, 0.717) is 10.8 Å². The van der Waals surface area contributed by atoms with Crippen molar-refractivity contribution in [3.05, 3.63) is 84.3 Å². The van der Waals surface area contributed by atoms with Crippen LogP contribution in [0.5, 0.6) is 0 Å². The molecule has 0 saturated heterocycles. The van der Waals surface area contributed by atoms with Gasteiger partial charge in [-0.15, -0.1) is 0 Å². The van der Waals surface area contributed by atoms with Crippen LogP contribution in [0.2, 0.25) is 5.15 Å². The Balaban J connectivity index is 1.36. The topological polar surface area (TPSA) is 90.0 Å². The molecule has 158 valence electrons. The number of hydrogen-bond acceptors (Lipinski definition) is 5. The molecular formula is C23H18ClN7O. The number of anilines is 1. The van der Waals surface area contributed by atoms with E-state index < -0.39 is 0 Å². The van der Waals surface area contributed by atoms with Crippen molar-refractivity contribution < 1.29 is 4.79 Å². The number of nitrogens with one attached hydrogen (secondary N) is 1. The fourth-order valence-electron chi connectivity index (χ4n) is 3.49. The third-order valence-electron chi connectivity index (χ3n) is 5.04. The maximum atomic E-state index is 12.3. The molecule has 5 rings (SSSR count). The molecule has 1 N–H and O–H groups in total. The van der Waals surface area contributed by atoms with Crippen LogP contribution in [0.4, 0.5) is 5.69 Å². The average molecular weight is 444 g/mol. The smallest absolute Gasteiger partial charge is 0.228 e. The fraction of sp³-hybridized carbons (Fsp3) is 0.0870. The number of pyridine rings is 1. The predicted octanol–water partition coefficient (Wildman–Crippen LogP) is 4.03. The van der Waals surface area contributed by atoms with Gasteiger partial charge in [0, 0.05) is 48.0 Å². The van der Waals surface area contributed by atoms with Crippen LogP contribution >= 0.6 is 11.6 Å². The molecule has 0 unspecified atom stereocenters. The molecule has 5 aromatic rings. The molecule has 0 radical (unpaired) electrons. The SMILES string of the molecule is Cn1cc(-c2cc3c(-c4ccc(NC(=O)Cc5ccc(Cl)nc5)cc4)ncnn3c2)cn1. The summed E-state index contributed by atoms with van der Waals surface area (Å²) in [5, 5.41) is 11.9. The highest BCUT2D eigenvalue weighted by atomic mass is 35.5. The molecule has 9 heteroatoms. The number of aromatic nitrogens is 6. The van der Waals surface area contributed by atoms with Gasteiger partial charge in [0.15, 0.2) is 0 Å². The van der Waals surface area contributed by atoms with Gasteiger partial charge in [-0.05, 0) is 29.8 Å². The number of aryl methyl sites for hydroxylation is 1. The number of amides is 1. The molecule has 0 fully saturated rings. The lowest BCUT2D eigenvalue weighted by molar-refractivity contribution is -0.115. The Morgan fingerprint density at radius 3 is 2.53 bits per heavy atom. The summed E-state index contributed by atoms with van der Waals surface area (Å²) in [6.45, 7) is 0. The van der Waals surface area contributed by atoms with E-state index in [1.807, 2.05) is 56.0 Å². The fourth-order valence-corrected chi connectivity index (χ4v) is 3.61. The quantitative estimate of drug-likeness (QED) is 0.414. The molecule has 1 aromatic carbocycles. The number of halogens is 1. The van der Waals surface area contributed by atoms with E-state index in [1.54, 1.807) is 27.5 Å². The van der Waals surface area contributed by atoms with Crippen LogP contribution in [0.15, 0.2) is 73.6 Å². The number of carbonyl (C=O) groups is 1. The summed E-state index contributed by atoms with van der Waals surface area (Å²) in [6.07, 6.45) is 9.09. The molecule has 8 nitrogen and oxygen atoms in total. The van der Waals surface area contributed by atoms with Gasteiger partial charge in [0.2, 0.25) is 5.91 Å². The van der Waals surface area contributed by atoms with Gasteiger partial charge in [0.1, 0.15) is 11.5 Å². The number of benzene rings is 1. The maximum absolute atomic E-state index is 12.3. The first-order valence-corrected chi connectivity index (χ1v) is 10.3. The molecular weight excluding hydrogens is 426 g/mol. The van der Waals surface area contributed by atoms with E-state index in [4.69, 9.17) is 11.6 Å². The summed E-state index contributed by atoms with van der Waals surface area (Å²) in [5.41, 5.74) is 6.15. The van der Waals surface area contributed by atoms with Gasteiger partial charge >= 0.3 is 0 Å². The summed E-state index contributed by atoms with van der Waals surface area (Å²) in [4.78, 5) is 20.8. The lowest BCUT2D eigenvalue weighted by atomic mass is 10.1. The highest BCUT2D eigenvalue weighted by molar-refractivity contribution is 6.29. The number of rotatable bonds is 5.